The van der Waals surface area contributed by atoms with Crippen LogP contribution in [0.5, 0.6) is 0 Å². The Hall–Kier alpha value is -2.08. The Balaban J connectivity index is 2.04. The highest BCUT2D eigenvalue weighted by molar-refractivity contribution is 9.10. The lowest BCUT2D eigenvalue weighted by molar-refractivity contribution is -0.116. The second kappa shape index (κ2) is 8.15. The van der Waals surface area contributed by atoms with E-state index < -0.39 is 20.7 Å². The van der Waals surface area contributed by atoms with Crippen LogP contribution in [0.1, 0.15) is 18.4 Å². The van der Waals surface area contributed by atoms with Crippen LogP contribution >= 0.6 is 15.9 Å². The molecule has 0 atom stereocenters. The minimum Gasteiger partial charge on any atom is -0.360 e. The fourth-order valence-corrected chi connectivity index (χ4v) is 3.69. The Morgan fingerprint density at radius 2 is 1.67 bits per heavy atom. The van der Waals surface area contributed by atoms with Crippen molar-refractivity contribution in [1.82, 2.24) is 0 Å². The number of aryl methyl sites for hydroxylation is 1. The lowest BCUT2D eigenvalue weighted by Crippen LogP contribution is -2.25. The number of halogens is 1. The van der Waals surface area contributed by atoms with E-state index in [1.54, 1.807) is 18.2 Å². The van der Waals surface area contributed by atoms with Crippen LogP contribution in [0.15, 0.2) is 64.0 Å². The Bertz CT molecular complexity index is 872. The molecule has 0 saturated carbocycles. The van der Waals surface area contributed by atoms with Gasteiger partial charge in [-0.05, 0) is 42.7 Å². The van der Waals surface area contributed by atoms with Gasteiger partial charge < -0.3 is 5.53 Å². The van der Waals surface area contributed by atoms with Crippen molar-refractivity contribution < 1.29 is 18.0 Å². The Labute approximate surface area is 149 Å². The fraction of sp³-hybridized carbons (Fsp3) is 0.176. The Morgan fingerprint density at radius 1 is 1.04 bits per heavy atom. The molecule has 0 aliphatic rings. The molecule has 0 aromatic heterocycles. The molecule has 5 nitrogen and oxygen atoms in total. The number of benzene rings is 2. The monoisotopic (exact) mass is 406 g/mol. The van der Waals surface area contributed by atoms with Crippen molar-refractivity contribution in [3.8, 4) is 0 Å². The van der Waals surface area contributed by atoms with E-state index in [9.17, 15) is 13.2 Å². The minimum absolute atomic E-state index is 0.0124. The summed E-state index contributed by atoms with van der Waals surface area (Å²) in [6.07, 6.45) is 1.08. The maximum atomic E-state index is 12.4. The average Bonchev–Trinajstić information content (AvgIpc) is 2.58. The molecule has 0 N–H and O–H groups in total. The summed E-state index contributed by atoms with van der Waals surface area (Å²) in [5, 5.41) is -0.815. The van der Waals surface area contributed by atoms with Crippen LogP contribution < -0.4 is 0 Å². The first-order valence-electron chi connectivity index (χ1n) is 7.25. The molecule has 0 bridgehead atoms. The first kappa shape index (κ1) is 18.3. The molecule has 0 heterocycles. The predicted octanol–water partition coefficient (Wildman–Crippen LogP) is 3.44. The van der Waals surface area contributed by atoms with Gasteiger partial charge in [0.2, 0.25) is 0 Å². The maximum absolute atomic E-state index is 12.4. The van der Waals surface area contributed by atoms with E-state index in [1.807, 2.05) is 24.3 Å². The van der Waals surface area contributed by atoms with Crippen LogP contribution in [0.3, 0.4) is 0 Å². The number of carbonyl (C=O) groups is 1. The molecule has 2 rings (SSSR count). The smallest absolute Gasteiger partial charge is 0.360 e. The van der Waals surface area contributed by atoms with E-state index >= 15 is 0 Å². The average molecular weight is 407 g/mol. The van der Waals surface area contributed by atoms with Crippen molar-refractivity contribution in [3.05, 3.63) is 70.2 Å². The second-order valence-corrected chi connectivity index (χ2v) is 7.91. The summed E-state index contributed by atoms with van der Waals surface area (Å²) in [5.41, 5.74) is 10.1. The van der Waals surface area contributed by atoms with Gasteiger partial charge in [-0.2, -0.15) is 0 Å². The molecule has 0 fully saturated rings. The van der Waals surface area contributed by atoms with Gasteiger partial charge in [-0.1, -0.05) is 46.3 Å². The van der Waals surface area contributed by atoms with Gasteiger partial charge in [-0.3, -0.25) is 4.79 Å². The number of nitrogens with zero attached hydrogens (tertiary/aromatic N) is 2. The van der Waals surface area contributed by atoms with Crippen LogP contribution in [-0.4, -0.2) is 24.0 Å². The molecule has 0 unspecified atom stereocenters. The number of rotatable bonds is 6. The van der Waals surface area contributed by atoms with Gasteiger partial charge >= 0.3 is 5.04 Å². The molecule has 124 valence electrons. The third kappa shape index (κ3) is 4.47. The summed E-state index contributed by atoms with van der Waals surface area (Å²) in [7, 11) is -4.11. The van der Waals surface area contributed by atoms with Crippen molar-refractivity contribution in [2.45, 2.75) is 24.2 Å². The molecule has 0 spiro atoms. The van der Waals surface area contributed by atoms with Crippen molar-refractivity contribution >= 4 is 36.6 Å². The van der Waals surface area contributed by atoms with Crippen molar-refractivity contribution in [1.29, 1.82) is 0 Å². The van der Waals surface area contributed by atoms with E-state index in [1.165, 1.54) is 12.1 Å². The number of hydrogen-bond acceptors (Lipinski definition) is 3. The normalized spacial score (nSPS) is 10.9. The first-order chi connectivity index (χ1) is 11.4. The van der Waals surface area contributed by atoms with Gasteiger partial charge in [-0.15, -0.1) is 4.79 Å². The first-order valence-corrected chi connectivity index (χ1v) is 9.52. The summed E-state index contributed by atoms with van der Waals surface area (Å²) in [6, 6.07) is 15.1. The van der Waals surface area contributed by atoms with Crippen molar-refractivity contribution in [2.75, 3.05) is 0 Å². The number of sulfone groups is 1. The topological polar surface area (TPSA) is 87.6 Å². The van der Waals surface area contributed by atoms with E-state index in [0.717, 1.165) is 10.0 Å². The van der Waals surface area contributed by atoms with Gasteiger partial charge in [-0.25, -0.2) is 8.42 Å². The molecule has 2 aromatic carbocycles. The molecule has 0 radical (unpaired) electrons. The largest absolute Gasteiger partial charge is 0.451 e. The van der Waals surface area contributed by atoms with E-state index in [2.05, 4.69) is 20.7 Å². The maximum Gasteiger partial charge on any atom is 0.451 e. The van der Waals surface area contributed by atoms with Gasteiger partial charge in [0.15, 0.2) is 0 Å². The molecule has 0 aliphatic heterocycles. The molecule has 0 saturated heterocycles. The highest BCUT2D eigenvalue weighted by Gasteiger charge is 2.36. The Kier molecular flexibility index (Phi) is 6.20. The van der Waals surface area contributed by atoms with E-state index in [0.29, 0.717) is 12.8 Å². The van der Waals surface area contributed by atoms with Crippen molar-refractivity contribution in [3.63, 3.8) is 0 Å². The minimum atomic E-state index is -4.11. The quantitative estimate of drug-likeness (QED) is 0.318. The number of hydrogen-bond donors (Lipinski definition) is 0. The molecular weight excluding hydrogens is 392 g/mol. The second-order valence-electron chi connectivity index (χ2n) is 5.12. The van der Waals surface area contributed by atoms with Crippen LogP contribution in [0.4, 0.5) is 0 Å². The van der Waals surface area contributed by atoms with Gasteiger partial charge in [0.25, 0.3) is 15.6 Å². The molecule has 24 heavy (non-hydrogen) atoms. The van der Waals surface area contributed by atoms with Gasteiger partial charge in [0.05, 0.1) is 4.90 Å². The zero-order valence-electron chi connectivity index (χ0n) is 12.7. The summed E-state index contributed by atoms with van der Waals surface area (Å²) >= 11 is 3.34. The predicted molar refractivity (Wildman–Crippen MR) is 94.3 cm³/mol. The summed E-state index contributed by atoms with van der Waals surface area (Å²) in [6.45, 7) is 0. The highest BCUT2D eigenvalue weighted by atomic mass is 79.9. The van der Waals surface area contributed by atoms with Crippen LogP contribution in [0.25, 0.3) is 5.53 Å². The molecule has 7 heteroatoms. The number of ketones is 1. The lowest BCUT2D eigenvalue weighted by Gasteiger charge is -2.02. The molecular formula is C17H15BrN2O3S. The summed E-state index contributed by atoms with van der Waals surface area (Å²) < 4.78 is 25.7. The molecule has 0 aliphatic carbocycles. The molecule has 0 amide bonds. The van der Waals surface area contributed by atoms with E-state index in [-0.39, 0.29) is 11.3 Å². The zero-order chi connectivity index (χ0) is 17.6. The van der Waals surface area contributed by atoms with Gasteiger partial charge in [0, 0.05) is 10.9 Å². The number of carbonyl (C=O) groups excluding carboxylic acids is 1. The Morgan fingerprint density at radius 3 is 2.25 bits per heavy atom. The van der Waals surface area contributed by atoms with Crippen LogP contribution in [0, 0.1) is 0 Å². The fourth-order valence-electron chi connectivity index (χ4n) is 2.18. The zero-order valence-corrected chi connectivity index (χ0v) is 15.1. The third-order valence-corrected chi connectivity index (χ3v) is 5.66. The van der Waals surface area contributed by atoms with Crippen LogP contribution in [0.2, 0.25) is 0 Å². The van der Waals surface area contributed by atoms with Crippen LogP contribution in [-0.2, 0) is 21.1 Å². The van der Waals surface area contributed by atoms with Gasteiger partial charge in [0.1, 0.15) is 0 Å². The summed E-state index contributed by atoms with van der Waals surface area (Å²) in [5.74, 6) is -0.696. The third-order valence-electron chi connectivity index (χ3n) is 3.42. The molecule has 2 aromatic rings. The van der Waals surface area contributed by atoms with E-state index in [4.69, 9.17) is 5.53 Å². The lowest BCUT2D eigenvalue weighted by atomic mass is 10.1. The highest BCUT2D eigenvalue weighted by Crippen LogP contribution is 2.15. The van der Waals surface area contributed by atoms with Crippen molar-refractivity contribution in [2.24, 2.45) is 0 Å². The number of Topliss-reactive ketones (excluding diaryl/α,β-unsaturated/α-hetero) is 1. The standard InChI is InChI=1S/C17H15BrN2O3S/c18-14-11-9-13(10-12-14)5-4-8-16(21)17(20-19)24(22,23)15-6-2-1-3-7-15/h1-3,6-7,9-12H,4-5,8H2. The SMILES string of the molecule is [N-]=[N+]=C(C(=O)CCCc1ccc(Br)cc1)S(=O)(=O)c1ccccc1. The summed E-state index contributed by atoms with van der Waals surface area (Å²) in [4.78, 5) is 14.8.